The first-order valence-corrected chi connectivity index (χ1v) is 5.11. The molecule has 1 radical (unpaired) electrons. The van der Waals surface area contributed by atoms with Crippen LogP contribution in [0.15, 0.2) is 36.5 Å². The Morgan fingerprint density at radius 3 is 3.00 bits per heavy atom. The fourth-order valence-electron chi connectivity index (χ4n) is 1.63. The lowest BCUT2D eigenvalue weighted by Crippen LogP contribution is -1.92. The summed E-state index contributed by atoms with van der Waals surface area (Å²) in [6.45, 7) is 0.701. The van der Waals surface area contributed by atoms with Gasteiger partial charge in [-0.1, -0.05) is 18.2 Å². The molecule has 0 N–H and O–H groups in total. The minimum atomic E-state index is 0.701. The molecule has 77 valence electrons. The number of ether oxygens (including phenoxy) is 1. The first kappa shape index (κ1) is 10.1. The first-order valence-electron chi connectivity index (χ1n) is 5.11. The highest BCUT2D eigenvalue weighted by Crippen LogP contribution is 2.13. The Morgan fingerprint density at radius 2 is 2.13 bits per heavy atom. The van der Waals surface area contributed by atoms with Gasteiger partial charge in [0.15, 0.2) is 0 Å². The van der Waals surface area contributed by atoms with Crippen molar-refractivity contribution in [2.75, 3.05) is 6.61 Å². The van der Waals surface area contributed by atoms with Crippen LogP contribution in [-0.4, -0.2) is 11.6 Å². The summed E-state index contributed by atoms with van der Waals surface area (Å²) in [6, 6.07) is 10.3. The second-order valence-corrected chi connectivity index (χ2v) is 3.55. The molecule has 2 nitrogen and oxygen atoms in total. The third kappa shape index (κ3) is 2.54. The van der Waals surface area contributed by atoms with E-state index in [2.05, 4.69) is 24.2 Å². The Hall–Kier alpha value is -1.41. The molecule has 1 aromatic carbocycles. The molecule has 1 heterocycles. The molecule has 0 aliphatic rings. The van der Waals surface area contributed by atoms with E-state index in [0.29, 0.717) is 6.61 Å². The van der Waals surface area contributed by atoms with Crippen LogP contribution in [0.25, 0.3) is 10.9 Å². The molecule has 0 unspecified atom stereocenters. The van der Waals surface area contributed by atoms with Crippen molar-refractivity contribution in [3.63, 3.8) is 0 Å². The van der Waals surface area contributed by atoms with Gasteiger partial charge in [-0.05, 0) is 30.5 Å². The highest BCUT2D eigenvalue weighted by Gasteiger charge is 1.97. The number of benzene rings is 1. The van der Waals surface area contributed by atoms with E-state index in [0.717, 1.165) is 18.4 Å². The second-order valence-electron chi connectivity index (χ2n) is 3.55. The number of hydrogen-bond acceptors (Lipinski definition) is 2. The van der Waals surface area contributed by atoms with Crippen molar-refractivity contribution in [3.8, 4) is 0 Å². The van der Waals surface area contributed by atoms with Gasteiger partial charge in [-0.3, -0.25) is 4.98 Å². The number of aryl methyl sites for hydroxylation is 1. The zero-order chi connectivity index (χ0) is 10.5. The molecular formula is C13H14NO. The summed E-state index contributed by atoms with van der Waals surface area (Å²) in [5.41, 5.74) is 2.31. The first-order chi connectivity index (χ1) is 7.40. The summed E-state index contributed by atoms with van der Waals surface area (Å²) in [5, 5.41) is 1.20. The quantitative estimate of drug-likeness (QED) is 0.708. The van der Waals surface area contributed by atoms with Gasteiger partial charge in [0.2, 0.25) is 0 Å². The minimum absolute atomic E-state index is 0.701. The van der Waals surface area contributed by atoms with Crippen molar-refractivity contribution >= 4 is 10.9 Å². The lowest BCUT2D eigenvalue weighted by atomic mass is 10.1. The van der Waals surface area contributed by atoms with Gasteiger partial charge in [-0.2, -0.15) is 0 Å². The molecule has 0 aliphatic heterocycles. The number of pyridine rings is 1. The van der Waals surface area contributed by atoms with Crippen LogP contribution in [0.5, 0.6) is 0 Å². The number of nitrogens with zero attached hydrogens (tertiary/aromatic N) is 1. The van der Waals surface area contributed by atoms with Gasteiger partial charge in [-0.25, -0.2) is 0 Å². The second kappa shape index (κ2) is 4.89. The molecule has 0 amide bonds. The van der Waals surface area contributed by atoms with Crippen LogP contribution in [0.4, 0.5) is 0 Å². The van der Waals surface area contributed by atoms with Gasteiger partial charge in [-0.15, -0.1) is 0 Å². The predicted molar refractivity (Wildman–Crippen MR) is 61.4 cm³/mol. The number of hydrogen-bond donors (Lipinski definition) is 0. The highest BCUT2D eigenvalue weighted by molar-refractivity contribution is 5.78. The molecule has 0 spiro atoms. The monoisotopic (exact) mass is 200 g/mol. The molecule has 2 aromatic rings. The summed E-state index contributed by atoms with van der Waals surface area (Å²) in [6.07, 6.45) is 3.92. The molecule has 0 atom stereocenters. The van der Waals surface area contributed by atoms with Gasteiger partial charge >= 0.3 is 0 Å². The lowest BCUT2D eigenvalue weighted by molar-refractivity contribution is 0.238. The topological polar surface area (TPSA) is 22.1 Å². The van der Waals surface area contributed by atoms with E-state index in [1.807, 2.05) is 24.4 Å². The molecule has 15 heavy (non-hydrogen) atoms. The summed E-state index contributed by atoms with van der Waals surface area (Å²) in [5.74, 6) is 0. The summed E-state index contributed by atoms with van der Waals surface area (Å²) < 4.78 is 4.78. The maximum Gasteiger partial charge on any atom is 0.0702 e. The van der Waals surface area contributed by atoms with Crippen LogP contribution in [0.2, 0.25) is 0 Å². The average Bonchev–Trinajstić information content (AvgIpc) is 2.29. The molecule has 0 saturated heterocycles. The summed E-state index contributed by atoms with van der Waals surface area (Å²) in [4.78, 5) is 4.40. The molecule has 2 rings (SSSR count). The van der Waals surface area contributed by atoms with E-state index in [1.165, 1.54) is 10.9 Å². The van der Waals surface area contributed by atoms with Crippen LogP contribution >= 0.6 is 0 Å². The maximum atomic E-state index is 4.78. The van der Waals surface area contributed by atoms with Crippen LogP contribution in [0.3, 0.4) is 0 Å². The molecule has 0 saturated carbocycles. The number of aromatic nitrogens is 1. The Kier molecular flexibility index (Phi) is 3.30. The van der Waals surface area contributed by atoms with E-state index in [1.54, 1.807) is 0 Å². The fourth-order valence-corrected chi connectivity index (χ4v) is 1.63. The average molecular weight is 200 g/mol. The Balaban J connectivity index is 2.16. The molecule has 2 heteroatoms. The highest BCUT2D eigenvalue weighted by atomic mass is 16.5. The van der Waals surface area contributed by atoms with Crippen molar-refractivity contribution in [1.82, 2.24) is 4.98 Å². The van der Waals surface area contributed by atoms with Gasteiger partial charge in [0.1, 0.15) is 0 Å². The third-order valence-electron chi connectivity index (χ3n) is 2.40. The van der Waals surface area contributed by atoms with E-state index in [4.69, 9.17) is 4.74 Å². The molecule has 0 fully saturated rings. The third-order valence-corrected chi connectivity index (χ3v) is 2.40. The van der Waals surface area contributed by atoms with Crippen LogP contribution in [0, 0.1) is 7.11 Å². The number of fused-ring (bicyclic) bond motifs is 1. The Bertz CT molecular complexity index is 439. The zero-order valence-electron chi connectivity index (χ0n) is 8.65. The maximum absolute atomic E-state index is 4.78. The smallest absolute Gasteiger partial charge is 0.0702 e. The summed E-state index contributed by atoms with van der Waals surface area (Å²) in [7, 11) is 3.35. The normalized spacial score (nSPS) is 10.7. The van der Waals surface area contributed by atoms with Crippen molar-refractivity contribution < 1.29 is 4.74 Å². The van der Waals surface area contributed by atoms with Crippen molar-refractivity contribution in [1.29, 1.82) is 0 Å². The number of rotatable bonds is 4. The zero-order valence-corrected chi connectivity index (χ0v) is 8.65. The largest absolute Gasteiger partial charge is 0.379 e. The van der Waals surface area contributed by atoms with Gasteiger partial charge in [0.25, 0.3) is 0 Å². The van der Waals surface area contributed by atoms with E-state index < -0.39 is 0 Å². The lowest BCUT2D eigenvalue weighted by Gasteiger charge is -2.02. The predicted octanol–water partition coefficient (Wildman–Crippen LogP) is 2.98. The SMILES string of the molecule is [CH2]OCCCc1cnc2ccccc2c1. The standard InChI is InChI=1S/C13H14NO/c1-15-8-4-5-11-9-12-6-2-3-7-13(12)14-10-11/h2-3,6-7,9-10H,1,4-5,8H2. The van der Waals surface area contributed by atoms with Crippen LogP contribution in [-0.2, 0) is 11.2 Å². The molecule has 0 aliphatic carbocycles. The van der Waals surface area contributed by atoms with Gasteiger partial charge < -0.3 is 4.74 Å². The molecular weight excluding hydrogens is 186 g/mol. The minimum Gasteiger partial charge on any atom is -0.379 e. The van der Waals surface area contributed by atoms with E-state index in [-0.39, 0.29) is 0 Å². The van der Waals surface area contributed by atoms with Gasteiger partial charge in [0, 0.05) is 18.2 Å². The summed E-state index contributed by atoms with van der Waals surface area (Å²) >= 11 is 0. The van der Waals surface area contributed by atoms with Crippen LogP contribution in [0.1, 0.15) is 12.0 Å². The van der Waals surface area contributed by atoms with Crippen molar-refractivity contribution in [2.24, 2.45) is 0 Å². The Labute approximate surface area is 89.9 Å². The van der Waals surface area contributed by atoms with E-state index in [9.17, 15) is 0 Å². The molecule has 1 aromatic heterocycles. The number of para-hydroxylation sites is 1. The Morgan fingerprint density at radius 1 is 1.27 bits per heavy atom. The fraction of sp³-hybridized carbons (Fsp3) is 0.231. The van der Waals surface area contributed by atoms with E-state index >= 15 is 0 Å². The van der Waals surface area contributed by atoms with Crippen molar-refractivity contribution in [2.45, 2.75) is 12.8 Å². The van der Waals surface area contributed by atoms with Crippen molar-refractivity contribution in [3.05, 3.63) is 49.2 Å². The molecule has 0 bridgehead atoms. The van der Waals surface area contributed by atoms with Gasteiger partial charge in [0.05, 0.1) is 12.6 Å². The van der Waals surface area contributed by atoms with Crippen LogP contribution < -0.4 is 0 Å².